The third-order valence-corrected chi connectivity index (χ3v) is 4.24. The average molecular weight is 374 g/mol. The number of fused-ring (bicyclic) bond motifs is 1. The second-order valence-corrected chi connectivity index (χ2v) is 6.30. The van der Waals surface area contributed by atoms with Crippen molar-refractivity contribution in [2.75, 3.05) is 13.3 Å². The first kappa shape index (κ1) is 18.8. The molecule has 0 spiro atoms. The number of amides is 2. The molecule has 2 aromatic rings. The molecule has 1 aliphatic rings. The lowest BCUT2D eigenvalue weighted by Gasteiger charge is -2.11. The number of benzene rings is 1. The summed E-state index contributed by atoms with van der Waals surface area (Å²) in [7, 11) is 0. The van der Waals surface area contributed by atoms with Crippen molar-refractivity contribution in [3.05, 3.63) is 46.9 Å². The van der Waals surface area contributed by atoms with Gasteiger partial charge in [0.05, 0.1) is 6.10 Å². The molecule has 8 heteroatoms. The highest BCUT2D eigenvalue weighted by molar-refractivity contribution is 6.35. The first-order chi connectivity index (χ1) is 12.9. The normalized spacial score (nSPS) is 13.3. The second-order valence-electron chi connectivity index (χ2n) is 6.30. The molecular formula is C19H22N2O6. The minimum absolute atomic E-state index is 0.168. The van der Waals surface area contributed by atoms with E-state index >= 15 is 0 Å². The van der Waals surface area contributed by atoms with Crippen LogP contribution in [0.3, 0.4) is 0 Å². The number of aliphatic hydroxyl groups excluding tert-OH is 1. The van der Waals surface area contributed by atoms with E-state index in [4.69, 9.17) is 13.9 Å². The predicted octanol–water partition coefficient (Wildman–Crippen LogP) is 1.48. The molecular weight excluding hydrogens is 352 g/mol. The van der Waals surface area contributed by atoms with Gasteiger partial charge in [-0.2, -0.15) is 0 Å². The van der Waals surface area contributed by atoms with Crippen LogP contribution in [-0.4, -0.2) is 30.3 Å². The van der Waals surface area contributed by atoms with Gasteiger partial charge in [-0.1, -0.05) is 6.07 Å². The summed E-state index contributed by atoms with van der Waals surface area (Å²) in [6.07, 6.45) is -0.486. The lowest BCUT2D eigenvalue weighted by molar-refractivity contribution is -0.139. The highest BCUT2D eigenvalue weighted by atomic mass is 16.7. The van der Waals surface area contributed by atoms with Crippen molar-refractivity contribution < 1.29 is 28.6 Å². The van der Waals surface area contributed by atoms with Crippen LogP contribution in [0.1, 0.15) is 35.2 Å². The Kier molecular flexibility index (Phi) is 5.66. The van der Waals surface area contributed by atoms with E-state index in [0.29, 0.717) is 28.6 Å². The first-order valence-corrected chi connectivity index (χ1v) is 8.63. The number of aliphatic hydroxyl groups is 1. The predicted molar refractivity (Wildman–Crippen MR) is 95.2 cm³/mol. The molecule has 0 fully saturated rings. The quantitative estimate of drug-likeness (QED) is 0.661. The molecule has 0 saturated heterocycles. The van der Waals surface area contributed by atoms with Crippen LogP contribution in [0.15, 0.2) is 28.7 Å². The lowest BCUT2D eigenvalue weighted by Crippen LogP contribution is -2.40. The SMILES string of the molecule is Cc1cc([C@@H](O)CCNC(=O)C(=O)NCc2ccc3c(c2)OCO3)c(C)o1. The van der Waals surface area contributed by atoms with Gasteiger partial charge in [0.15, 0.2) is 11.5 Å². The lowest BCUT2D eigenvalue weighted by atomic mass is 10.1. The van der Waals surface area contributed by atoms with E-state index in [1.165, 1.54) is 0 Å². The molecule has 1 aromatic heterocycles. The van der Waals surface area contributed by atoms with Crippen LogP contribution in [0.25, 0.3) is 0 Å². The minimum Gasteiger partial charge on any atom is -0.466 e. The topological polar surface area (TPSA) is 110 Å². The van der Waals surface area contributed by atoms with Gasteiger partial charge in [0.1, 0.15) is 11.5 Å². The fourth-order valence-electron chi connectivity index (χ4n) is 2.85. The Morgan fingerprint density at radius 3 is 2.59 bits per heavy atom. The van der Waals surface area contributed by atoms with Crippen LogP contribution in [-0.2, 0) is 16.1 Å². The smallest absolute Gasteiger partial charge is 0.309 e. The fraction of sp³-hybridized carbons (Fsp3) is 0.368. The molecule has 8 nitrogen and oxygen atoms in total. The van der Waals surface area contributed by atoms with E-state index in [-0.39, 0.29) is 26.3 Å². The standard InChI is InChI=1S/C19H22N2O6/c1-11-7-14(12(2)27-11)15(22)5-6-20-18(23)19(24)21-9-13-3-4-16-17(8-13)26-10-25-16/h3-4,7-8,15,22H,5-6,9-10H2,1-2H3,(H,20,23)(H,21,24)/t15-/m0/s1. The van der Waals surface area contributed by atoms with E-state index in [1.807, 2.05) is 0 Å². The number of nitrogens with one attached hydrogen (secondary N) is 2. The van der Waals surface area contributed by atoms with E-state index in [1.54, 1.807) is 38.1 Å². The highest BCUT2D eigenvalue weighted by Crippen LogP contribution is 2.32. The number of carbonyl (C=O) groups is 2. The van der Waals surface area contributed by atoms with Gasteiger partial charge in [0.25, 0.3) is 0 Å². The van der Waals surface area contributed by atoms with Gasteiger partial charge in [-0.25, -0.2) is 0 Å². The second kappa shape index (κ2) is 8.13. The maximum atomic E-state index is 11.9. The van der Waals surface area contributed by atoms with Gasteiger partial charge in [-0.05, 0) is 44.0 Å². The highest BCUT2D eigenvalue weighted by Gasteiger charge is 2.18. The molecule has 3 N–H and O–H groups in total. The molecule has 0 saturated carbocycles. The third kappa shape index (κ3) is 4.59. The maximum Gasteiger partial charge on any atom is 0.309 e. The monoisotopic (exact) mass is 374 g/mol. The molecule has 0 unspecified atom stereocenters. The van der Waals surface area contributed by atoms with Gasteiger partial charge in [-0.15, -0.1) is 0 Å². The summed E-state index contributed by atoms with van der Waals surface area (Å²) in [5.74, 6) is 1.15. The van der Waals surface area contributed by atoms with Crippen molar-refractivity contribution in [2.24, 2.45) is 0 Å². The summed E-state index contributed by atoms with van der Waals surface area (Å²) in [5, 5.41) is 15.2. The molecule has 0 bridgehead atoms. The van der Waals surface area contributed by atoms with Crippen molar-refractivity contribution in [3.63, 3.8) is 0 Å². The number of carbonyl (C=O) groups excluding carboxylic acids is 2. The van der Waals surface area contributed by atoms with Gasteiger partial charge in [0, 0.05) is 18.7 Å². The minimum atomic E-state index is -0.764. The Labute approximate surface area is 156 Å². The first-order valence-electron chi connectivity index (χ1n) is 8.63. The molecule has 1 aliphatic heterocycles. The van der Waals surface area contributed by atoms with Crippen molar-refractivity contribution in [2.45, 2.75) is 32.9 Å². The Bertz CT molecular complexity index is 845. The summed E-state index contributed by atoms with van der Waals surface area (Å²) in [5.41, 5.74) is 1.48. The van der Waals surface area contributed by atoms with Gasteiger partial charge < -0.3 is 29.6 Å². The number of rotatable bonds is 6. The number of hydrogen-bond acceptors (Lipinski definition) is 6. The van der Waals surface area contributed by atoms with Gasteiger partial charge in [0.2, 0.25) is 6.79 Å². The third-order valence-electron chi connectivity index (χ3n) is 4.24. The molecule has 1 atom stereocenters. The Morgan fingerprint density at radius 1 is 1.11 bits per heavy atom. The molecule has 144 valence electrons. The average Bonchev–Trinajstić information content (AvgIpc) is 3.24. The number of aryl methyl sites for hydroxylation is 2. The molecule has 1 aromatic carbocycles. The van der Waals surface area contributed by atoms with Crippen LogP contribution in [0, 0.1) is 13.8 Å². The van der Waals surface area contributed by atoms with Crippen LogP contribution < -0.4 is 20.1 Å². The van der Waals surface area contributed by atoms with E-state index in [9.17, 15) is 14.7 Å². The van der Waals surface area contributed by atoms with E-state index in [0.717, 1.165) is 5.56 Å². The van der Waals surface area contributed by atoms with Crippen molar-refractivity contribution in [3.8, 4) is 11.5 Å². The van der Waals surface area contributed by atoms with Crippen LogP contribution in [0.5, 0.6) is 11.5 Å². The van der Waals surface area contributed by atoms with E-state index < -0.39 is 17.9 Å². The van der Waals surface area contributed by atoms with Crippen LogP contribution >= 0.6 is 0 Å². The maximum absolute atomic E-state index is 11.9. The molecule has 2 amide bonds. The summed E-state index contributed by atoms with van der Waals surface area (Å²) in [6.45, 7) is 4.11. The molecule has 0 aliphatic carbocycles. The van der Waals surface area contributed by atoms with Gasteiger partial charge >= 0.3 is 11.8 Å². The number of hydrogen-bond donors (Lipinski definition) is 3. The summed E-state index contributed by atoms with van der Waals surface area (Å²) in [4.78, 5) is 23.8. The zero-order valence-electron chi connectivity index (χ0n) is 15.2. The summed E-state index contributed by atoms with van der Waals surface area (Å²) < 4.78 is 15.9. The largest absolute Gasteiger partial charge is 0.466 e. The van der Waals surface area contributed by atoms with Gasteiger partial charge in [-0.3, -0.25) is 9.59 Å². The van der Waals surface area contributed by atoms with E-state index in [2.05, 4.69) is 10.6 Å². The van der Waals surface area contributed by atoms with Crippen molar-refractivity contribution in [1.29, 1.82) is 0 Å². The Hall–Kier alpha value is -3.00. The van der Waals surface area contributed by atoms with Crippen molar-refractivity contribution >= 4 is 11.8 Å². The number of furan rings is 1. The summed E-state index contributed by atoms with van der Waals surface area (Å²) in [6, 6.07) is 7.06. The molecule has 0 radical (unpaired) electrons. The number of ether oxygens (including phenoxy) is 2. The molecule has 27 heavy (non-hydrogen) atoms. The Balaban J connectivity index is 1.41. The van der Waals surface area contributed by atoms with Crippen LogP contribution in [0.2, 0.25) is 0 Å². The Morgan fingerprint density at radius 2 is 1.85 bits per heavy atom. The van der Waals surface area contributed by atoms with Crippen molar-refractivity contribution in [1.82, 2.24) is 10.6 Å². The van der Waals surface area contributed by atoms with Crippen LogP contribution in [0.4, 0.5) is 0 Å². The molecule has 3 rings (SSSR count). The molecule has 2 heterocycles. The summed E-state index contributed by atoms with van der Waals surface area (Å²) >= 11 is 0. The zero-order chi connectivity index (χ0) is 19.4. The zero-order valence-corrected chi connectivity index (χ0v) is 15.2. The fourth-order valence-corrected chi connectivity index (χ4v) is 2.85.